The van der Waals surface area contributed by atoms with Gasteiger partial charge in [-0.25, -0.2) is 9.37 Å². The summed E-state index contributed by atoms with van der Waals surface area (Å²) in [7, 11) is 0. The highest BCUT2D eigenvalue weighted by Gasteiger charge is 2.15. The van der Waals surface area contributed by atoms with E-state index in [1.54, 1.807) is 41.0 Å². The Morgan fingerprint density at radius 3 is 2.64 bits per heavy atom. The molecule has 5 nitrogen and oxygen atoms in total. The fourth-order valence-corrected chi connectivity index (χ4v) is 3.09. The van der Waals surface area contributed by atoms with Gasteiger partial charge in [0.15, 0.2) is 0 Å². The third-order valence-corrected chi connectivity index (χ3v) is 4.39. The van der Waals surface area contributed by atoms with Crippen LogP contribution < -0.4 is 4.74 Å². The molecule has 4 aromatic rings. The second-order valence-electron chi connectivity index (χ2n) is 6.31. The van der Waals surface area contributed by atoms with Crippen molar-refractivity contribution in [2.75, 3.05) is 0 Å². The van der Waals surface area contributed by atoms with E-state index in [9.17, 15) is 14.3 Å². The van der Waals surface area contributed by atoms with Gasteiger partial charge in [0.1, 0.15) is 30.5 Å². The Bertz CT molecular complexity index is 1150. The quantitative estimate of drug-likeness (QED) is 0.538. The van der Waals surface area contributed by atoms with Crippen molar-refractivity contribution in [3.63, 3.8) is 0 Å². The molecule has 1 heterocycles. The first kappa shape index (κ1) is 17.7. The number of fused-ring (bicyclic) bond motifs is 1. The van der Waals surface area contributed by atoms with Crippen molar-refractivity contribution in [3.05, 3.63) is 84.2 Å². The predicted octanol–water partition coefficient (Wildman–Crippen LogP) is 4.51. The summed E-state index contributed by atoms with van der Waals surface area (Å²) in [5.74, 6) is -0.173. The lowest BCUT2D eigenvalue weighted by Crippen LogP contribution is -2.10. The van der Waals surface area contributed by atoms with Gasteiger partial charge in [-0.05, 0) is 30.3 Å². The minimum absolute atomic E-state index is 0.0989. The summed E-state index contributed by atoms with van der Waals surface area (Å²) in [4.78, 5) is 15.9. The highest BCUT2D eigenvalue weighted by Crippen LogP contribution is 2.28. The number of ether oxygens (including phenoxy) is 1. The van der Waals surface area contributed by atoms with Crippen LogP contribution in [0.4, 0.5) is 4.39 Å². The first-order chi connectivity index (χ1) is 13.6. The molecule has 0 fully saturated rings. The zero-order valence-corrected chi connectivity index (χ0v) is 14.9. The van der Waals surface area contributed by atoms with Crippen LogP contribution >= 0.6 is 0 Å². The first-order valence-electron chi connectivity index (χ1n) is 8.75. The lowest BCUT2D eigenvalue weighted by atomic mass is 10.2. The third kappa shape index (κ3) is 3.57. The fraction of sp³-hybridized carbons (Fsp3) is 0.0909. The van der Waals surface area contributed by atoms with Gasteiger partial charge in [-0.15, -0.1) is 0 Å². The maximum Gasteiger partial charge on any atom is 0.323 e. The second kappa shape index (κ2) is 7.52. The summed E-state index contributed by atoms with van der Waals surface area (Å²) in [6, 6.07) is 21.0. The van der Waals surface area contributed by atoms with Gasteiger partial charge in [-0.1, -0.05) is 42.5 Å². The number of rotatable bonds is 6. The molecule has 3 aromatic carbocycles. The molecule has 1 aromatic heterocycles. The normalized spacial score (nSPS) is 10.9. The zero-order valence-electron chi connectivity index (χ0n) is 14.9. The number of nitrogens with zero attached hydrogens (tertiary/aromatic N) is 2. The molecule has 4 rings (SSSR count). The average Bonchev–Trinajstić information content (AvgIpc) is 3.06. The van der Waals surface area contributed by atoms with Crippen molar-refractivity contribution in [3.8, 4) is 17.1 Å². The summed E-state index contributed by atoms with van der Waals surface area (Å²) in [6.45, 7) is -0.0994. The van der Waals surface area contributed by atoms with Crippen LogP contribution in [0.2, 0.25) is 0 Å². The highest BCUT2D eigenvalue weighted by atomic mass is 19.1. The molecule has 1 N–H and O–H groups in total. The van der Waals surface area contributed by atoms with Gasteiger partial charge >= 0.3 is 5.97 Å². The van der Waals surface area contributed by atoms with E-state index in [0.29, 0.717) is 17.1 Å². The van der Waals surface area contributed by atoms with Gasteiger partial charge < -0.3 is 14.4 Å². The molecule has 0 spiro atoms. The van der Waals surface area contributed by atoms with Gasteiger partial charge in [0.2, 0.25) is 0 Å². The SMILES string of the molecule is O=C(O)Cn1c(-c2cccc(OCc3ccccc3F)c2)nc2ccccc21. The van der Waals surface area contributed by atoms with Gasteiger partial charge in [0.05, 0.1) is 11.0 Å². The zero-order chi connectivity index (χ0) is 19.5. The maximum atomic E-state index is 13.8. The first-order valence-corrected chi connectivity index (χ1v) is 8.75. The van der Waals surface area contributed by atoms with Crippen molar-refractivity contribution >= 4 is 17.0 Å². The number of carboxylic acids is 1. The third-order valence-electron chi connectivity index (χ3n) is 4.39. The molecule has 6 heteroatoms. The van der Waals surface area contributed by atoms with Crippen LogP contribution in [0.1, 0.15) is 5.56 Å². The van der Waals surface area contributed by atoms with E-state index >= 15 is 0 Å². The number of halogens is 1. The minimum atomic E-state index is -0.948. The summed E-state index contributed by atoms with van der Waals surface area (Å²) in [5.41, 5.74) is 2.66. The number of benzene rings is 3. The van der Waals surface area contributed by atoms with Crippen molar-refractivity contribution in [2.45, 2.75) is 13.2 Å². The summed E-state index contributed by atoms with van der Waals surface area (Å²) >= 11 is 0. The van der Waals surface area contributed by atoms with E-state index in [-0.39, 0.29) is 19.0 Å². The fourth-order valence-electron chi connectivity index (χ4n) is 3.09. The second-order valence-corrected chi connectivity index (χ2v) is 6.31. The predicted molar refractivity (Wildman–Crippen MR) is 104 cm³/mol. The van der Waals surface area contributed by atoms with Crippen LogP contribution in [0.5, 0.6) is 5.75 Å². The Morgan fingerprint density at radius 2 is 1.82 bits per heavy atom. The minimum Gasteiger partial charge on any atom is -0.489 e. The highest BCUT2D eigenvalue weighted by molar-refractivity contribution is 5.83. The van der Waals surface area contributed by atoms with E-state index in [1.165, 1.54) is 6.07 Å². The lowest BCUT2D eigenvalue weighted by Gasteiger charge is -2.10. The van der Waals surface area contributed by atoms with E-state index < -0.39 is 5.97 Å². The number of carboxylic acid groups (broad SMARTS) is 1. The summed E-state index contributed by atoms with van der Waals surface area (Å²) < 4.78 is 21.2. The largest absolute Gasteiger partial charge is 0.489 e. The van der Waals surface area contributed by atoms with Gasteiger partial charge in [0.25, 0.3) is 0 Å². The molecule has 0 saturated carbocycles. The van der Waals surface area contributed by atoms with Gasteiger partial charge in [-0.3, -0.25) is 4.79 Å². The number of hydrogen-bond donors (Lipinski definition) is 1. The number of para-hydroxylation sites is 2. The molecule has 0 aliphatic rings. The van der Waals surface area contributed by atoms with Crippen LogP contribution in [-0.4, -0.2) is 20.6 Å². The standard InChI is InChI=1S/C22H17FN2O3/c23-18-9-2-1-6-16(18)14-28-17-8-5-7-15(12-17)22-24-19-10-3-4-11-20(19)25(22)13-21(26)27/h1-12H,13-14H2,(H,26,27). The Labute approximate surface area is 160 Å². The van der Waals surface area contributed by atoms with Gasteiger partial charge in [-0.2, -0.15) is 0 Å². The number of carbonyl (C=O) groups is 1. The summed E-state index contributed by atoms with van der Waals surface area (Å²) in [6.07, 6.45) is 0. The van der Waals surface area contributed by atoms with E-state index in [0.717, 1.165) is 16.6 Å². The van der Waals surface area contributed by atoms with E-state index in [4.69, 9.17) is 4.74 Å². The molecule has 0 amide bonds. The monoisotopic (exact) mass is 376 g/mol. The average molecular weight is 376 g/mol. The Kier molecular flexibility index (Phi) is 4.76. The van der Waals surface area contributed by atoms with Crippen LogP contribution in [0.25, 0.3) is 22.4 Å². The van der Waals surface area contributed by atoms with Crippen molar-refractivity contribution in [1.29, 1.82) is 0 Å². The molecule has 140 valence electrons. The van der Waals surface area contributed by atoms with Crippen molar-refractivity contribution in [1.82, 2.24) is 9.55 Å². The smallest absolute Gasteiger partial charge is 0.323 e. The molecule has 28 heavy (non-hydrogen) atoms. The topological polar surface area (TPSA) is 64.3 Å². The van der Waals surface area contributed by atoms with Crippen LogP contribution in [-0.2, 0) is 17.9 Å². The lowest BCUT2D eigenvalue weighted by molar-refractivity contribution is -0.137. The van der Waals surface area contributed by atoms with Crippen LogP contribution in [0.15, 0.2) is 72.8 Å². The summed E-state index contributed by atoms with van der Waals surface area (Å²) in [5, 5.41) is 9.30. The molecule has 0 aliphatic heterocycles. The van der Waals surface area contributed by atoms with E-state index in [1.807, 2.05) is 30.3 Å². The maximum absolute atomic E-state index is 13.8. The number of hydrogen-bond acceptors (Lipinski definition) is 3. The van der Waals surface area contributed by atoms with Crippen molar-refractivity contribution < 1.29 is 19.0 Å². The molecule has 0 bridgehead atoms. The van der Waals surface area contributed by atoms with Gasteiger partial charge in [0, 0.05) is 11.1 Å². The molecular formula is C22H17FN2O3. The van der Waals surface area contributed by atoms with Crippen molar-refractivity contribution in [2.24, 2.45) is 0 Å². The number of aliphatic carboxylic acids is 1. The molecular weight excluding hydrogens is 359 g/mol. The number of aromatic nitrogens is 2. The van der Waals surface area contributed by atoms with E-state index in [2.05, 4.69) is 4.98 Å². The van der Waals surface area contributed by atoms with Crippen LogP contribution in [0.3, 0.4) is 0 Å². The molecule has 0 unspecified atom stereocenters. The van der Waals surface area contributed by atoms with Crippen LogP contribution in [0, 0.1) is 5.82 Å². The number of imidazole rings is 1. The molecule has 0 radical (unpaired) electrons. The molecule has 0 saturated heterocycles. The molecule has 0 aliphatic carbocycles. The molecule has 0 atom stereocenters. The Balaban J connectivity index is 1.67. The Hall–Kier alpha value is -3.67. The Morgan fingerprint density at radius 1 is 1.04 bits per heavy atom.